The van der Waals surface area contributed by atoms with Gasteiger partial charge in [0, 0.05) is 0 Å². The Balaban J connectivity index is 1.97. The molecular weight excluding hydrogens is 242 g/mol. The fourth-order valence-corrected chi connectivity index (χ4v) is 2.59. The minimum absolute atomic E-state index is 0.0856. The van der Waals surface area contributed by atoms with Crippen molar-refractivity contribution >= 4 is 10.9 Å². The van der Waals surface area contributed by atoms with Crippen LogP contribution in [0.25, 0.3) is 10.9 Å². The van der Waals surface area contributed by atoms with E-state index in [0.717, 1.165) is 13.1 Å². The molecule has 1 aliphatic heterocycles. The first-order valence-electron chi connectivity index (χ1n) is 6.55. The van der Waals surface area contributed by atoms with Crippen molar-refractivity contribution in [2.45, 2.75) is 25.0 Å². The SMILES string of the molecule is O=c1c2ccccc2ncn1CC1(O)CCNCC1. The van der Waals surface area contributed by atoms with E-state index < -0.39 is 5.60 Å². The number of aromatic nitrogens is 2. The summed E-state index contributed by atoms with van der Waals surface area (Å²) in [4.78, 5) is 16.6. The molecule has 19 heavy (non-hydrogen) atoms. The smallest absolute Gasteiger partial charge is 0.261 e. The highest BCUT2D eigenvalue weighted by atomic mass is 16.3. The fraction of sp³-hybridized carbons (Fsp3) is 0.429. The van der Waals surface area contributed by atoms with Crippen LogP contribution in [0.15, 0.2) is 35.4 Å². The van der Waals surface area contributed by atoms with Crippen molar-refractivity contribution in [2.24, 2.45) is 0 Å². The molecule has 1 fully saturated rings. The summed E-state index contributed by atoms with van der Waals surface area (Å²) in [6, 6.07) is 7.28. The lowest BCUT2D eigenvalue weighted by Gasteiger charge is -2.32. The second-order valence-electron chi connectivity index (χ2n) is 5.17. The van der Waals surface area contributed by atoms with Crippen molar-refractivity contribution in [1.29, 1.82) is 0 Å². The van der Waals surface area contributed by atoms with Crippen molar-refractivity contribution in [1.82, 2.24) is 14.9 Å². The summed E-state index contributed by atoms with van der Waals surface area (Å²) in [7, 11) is 0. The van der Waals surface area contributed by atoms with Gasteiger partial charge in [-0.3, -0.25) is 9.36 Å². The highest BCUT2D eigenvalue weighted by Gasteiger charge is 2.29. The van der Waals surface area contributed by atoms with Crippen LogP contribution in [0.1, 0.15) is 12.8 Å². The van der Waals surface area contributed by atoms with Crippen molar-refractivity contribution in [3.8, 4) is 0 Å². The molecule has 0 amide bonds. The van der Waals surface area contributed by atoms with Crippen LogP contribution in [0.4, 0.5) is 0 Å². The fourth-order valence-electron chi connectivity index (χ4n) is 2.59. The molecule has 0 aliphatic carbocycles. The van der Waals surface area contributed by atoms with Gasteiger partial charge < -0.3 is 10.4 Å². The number of rotatable bonds is 2. The quantitative estimate of drug-likeness (QED) is 0.824. The van der Waals surface area contributed by atoms with E-state index in [9.17, 15) is 9.90 Å². The van der Waals surface area contributed by atoms with E-state index in [0.29, 0.717) is 30.3 Å². The number of nitrogens with zero attached hydrogens (tertiary/aromatic N) is 2. The van der Waals surface area contributed by atoms with E-state index in [1.165, 1.54) is 10.9 Å². The third-order valence-corrected chi connectivity index (χ3v) is 3.73. The van der Waals surface area contributed by atoms with Crippen LogP contribution in [-0.2, 0) is 6.54 Å². The second kappa shape index (κ2) is 4.75. The van der Waals surface area contributed by atoms with Gasteiger partial charge in [-0.1, -0.05) is 12.1 Å². The zero-order valence-electron chi connectivity index (χ0n) is 10.7. The monoisotopic (exact) mass is 259 g/mol. The molecule has 0 spiro atoms. The molecule has 3 rings (SSSR count). The number of aliphatic hydroxyl groups is 1. The number of para-hydroxylation sites is 1. The van der Waals surface area contributed by atoms with Crippen molar-refractivity contribution in [3.05, 3.63) is 40.9 Å². The Morgan fingerprint density at radius 3 is 2.84 bits per heavy atom. The first kappa shape index (κ1) is 12.3. The standard InChI is InChI=1S/C14H17N3O2/c18-13-11-3-1-2-4-12(11)16-10-17(13)9-14(19)5-7-15-8-6-14/h1-4,10,15,19H,5-9H2. The molecule has 2 aromatic rings. The van der Waals surface area contributed by atoms with Crippen LogP contribution in [-0.4, -0.2) is 33.3 Å². The Morgan fingerprint density at radius 1 is 1.32 bits per heavy atom. The molecule has 100 valence electrons. The number of nitrogens with one attached hydrogen (secondary N) is 1. The normalized spacial score (nSPS) is 18.6. The Labute approximate surface area is 110 Å². The lowest BCUT2D eigenvalue weighted by molar-refractivity contribution is -0.00627. The molecule has 0 radical (unpaired) electrons. The van der Waals surface area contributed by atoms with E-state index in [4.69, 9.17) is 0 Å². The van der Waals surface area contributed by atoms with Crippen LogP contribution in [0.5, 0.6) is 0 Å². The van der Waals surface area contributed by atoms with Gasteiger partial charge >= 0.3 is 0 Å². The van der Waals surface area contributed by atoms with Gasteiger partial charge in [-0.15, -0.1) is 0 Å². The maximum absolute atomic E-state index is 12.3. The summed E-state index contributed by atoms with van der Waals surface area (Å²) in [5.74, 6) is 0. The van der Waals surface area contributed by atoms with Crippen molar-refractivity contribution < 1.29 is 5.11 Å². The summed E-state index contributed by atoms with van der Waals surface area (Å²) in [6.07, 6.45) is 2.85. The Morgan fingerprint density at radius 2 is 2.05 bits per heavy atom. The number of benzene rings is 1. The number of hydrogen-bond acceptors (Lipinski definition) is 4. The number of fused-ring (bicyclic) bond motifs is 1. The summed E-state index contributed by atoms with van der Waals surface area (Å²) >= 11 is 0. The minimum Gasteiger partial charge on any atom is -0.388 e. The highest BCUT2D eigenvalue weighted by molar-refractivity contribution is 5.76. The molecular formula is C14H17N3O2. The number of hydrogen-bond donors (Lipinski definition) is 2. The molecule has 2 N–H and O–H groups in total. The van der Waals surface area contributed by atoms with Crippen molar-refractivity contribution in [3.63, 3.8) is 0 Å². The molecule has 1 aromatic carbocycles. The topological polar surface area (TPSA) is 67.2 Å². The van der Waals surface area contributed by atoms with Crippen LogP contribution in [0.3, 0.4) is 0 Å². The molecule has 0 bridgehead atoms. The summed E-state index contributed by atoms with van der Waals surface area (Å²) < 4.78 is 1.52. The largest absolute Gasteiger partial charge is 0.388 e. The second-order valence-corrected chi connectivity index (χ2v) is 5.17. The maximum atomic E-state index is 12.3. The lowest BCUT2D eigenvalue weighted by Crippen LogP contribution is -2.46. The van der Waals surface area contributed by atoms with Gasteiger partial charge in [-0.2, -0.15) is 0 Å². The van der Waals surface area contributed by atoms with Gasteiger partial charge in [0.1, 0.15) is 0 Å². The van der Waals surface area contributed by atoms with Gasteiger partial charge in [-0.25, -0.2) is 4.98 Å². The zero-order valence-corrected chi connectivity index (χ0v) is 10.7. The zero-order chi connectivity index (χ0) is 13.3. The Kier molecular flexibility index (Phi) is 3.08. The molecule has 1 aliphatic rings. The first-order valence-corrected chi connectivity index (χ1v) is 6.55. The molecule has 2 heterocycles. The molecule has 1 saturated heterocycles. The third kappa shape index (κ3) is 2.39. The van der Waals surface area contributed by atoms with Gasteiger partial charge in [0.15, 0.2) is 0 Å². The average molecular weight is 259 g/mol. The van der Waals surface area contributed by atoms with E-state index >= 15 is 0 Å². The van der Waals surface area contributed by atoms with Crippen molar-refractivity contribution in [2.75, 3.05) is 13.1 Å². The van der Waals surface area contributed by atoms with Gasteiger partial charge in [-0.05, 0) is 38.1 Å². The Bertz CT molecular complexity index is 644. The minimum atomic E-state index is -0.806. The highest BCUT2D eigenvalue weighted by Crippen LogP contribution is 2.19. The van der Waals surface area contributed by atoms with Gasteiger partial charge in [0.05, 0.1) is 29.4 Å². The number of piperidine rings is 1. The Hall–Kier alpha value is -1.72. The van der Waals surface area contributed by atoms with Crippen LogP contribution in [0, 0.1) is 0 Å². The average Bonchev–Trinajstić information content (AvgIpc) is 2.43. The predicted octanol–water partition coefficient (Wildman–Crippen LogP) is 0.511. The third-order valence-electron chi connectivity index (χ3n) is 3.73. The summed E-state index contributed by atoms with van der Waals surface area (Å²) in [6.45, 7) is 1.88. The lowest BCUT2D eigenvalue weighted by atomic mass is 9.92. The van der Waals surface area contributed by atoms with E-state index in [1.807, 2.05) is 18.2 Å². The summed E-state index contributed by atoms with van der Waals surface area (Å²) in [5.41, 5.74) is -0.197. The molecule has 0 saturated carbocycles. The van der Waals surface area contributed by atoms with E-state index in [1.54, 1.807) is 6.07 Å². The summed E-state index contributed by atoms with van der Waals surface area (Å²) in [5, 5.41) is 14.3. The molecule has 5 nitrogen and oxygen atoms in total. The van der Waals surface area contributed by atoms with Gasteiger partial charge in [0.2, 0.25) is 0 Å². The maximum Gasteiger partial charge on any atom is 0.261 e. The van der Waals surface area contributed by atoms with Crippen LogP contribution >= 0.6 is 0 Å². The molecule has 5 heteroatoms. The molecule has 0 unspecified atom stereocenters. The molecule has 1 aromatic heterocycles. The van der Waals surface area contributed by atoms with E-state index in [2.05, 4.69) is 10.3 Å². The first-order chi connectivity index (χ1) is 9.18. The van der Waals surface area contributed by atoms with E-state index in [-0.39, 0.29) is 5.56 Å². The van der Waals surface area contributed by atoms with Gasteiger partial charge in [0.25, 0.3) is 5.56 Å². The van der Waals surface area contributed by atoms with Crippen LogP contribution < -0.4 is 10.9 Å². The molecule has 0 atom stereocenters. The predicted molar refractivity (Wildman–Crippen MR) is 73.1 cm³/mol. The van der Waals surface area contributed by atoms with Crippen LogP contribution in [0.2, 0.25) is 0 Å².